The Labute approximate surface area is 142 Å². The van der Waals surface area contributed by atoms with E-state index < -0.39 is 0 Å². The van der Waals surface area contributed by atoms with Crippen molar-refractivity contribution in [3.63, 3.8) is 0 Å². The molecule has 1 aromatic carbocycles. The highest BCUT2D eigenvalue weighted by Crippen LogP contribution is 2.23. The molecule has 1 aliphatic carbocycles. The summed E-state index contributed by atoms with van der Waals surface area (Å²) in [7, 11) is 0. The number of para-hydroxylation sites is 1. The second-order valence-electron chi connectivity index (χ2n) is 6.54. The Bertz CT molecular complexity index is 596. The number of nitrogens with one attached hydrogen (secondary N) is 1. The van der Waals surface area contributed by atoms with Crippen LogP contribution in [0.25, 0.3) is 10.2 Å². The molecule has 4 heteroatoms. The third-order valence-electron chi connectivity index (χ3n) is 4.60. The van der Waals surface area contributed by atoms with Gasteiger partial charge in [-0.05, 0) is 37.8 Å². The second kappa shape index (κ2) is 8.44. The van der Waals surface area contributed by atoms with E-state index in [4.69, 9.17) is 0 Å². The number of carbonyl (C=O) groups is 1. The number of rotatable bonds is 5. The molecule has 0 spiro atoms. The molecule has 0 unspecified atom stereocenters. The van der Waals surface area contributed by atoms with Crippen LogP contribution in [0.4, 0.5) is 0 Å². The van der Waals surface area contributed by atoms with Crippen LogP contribution in [-0.4, -0.2) is 16.9 Å². The van der Waals surface area contributed by atoms with Gasteiger partial charge in [-0.15, -0.1) is 11.3 Å². The lowest BCUT2D eigenvalue weighted by Gasteiger charge is -2.21. The van der Waals surface area contributed by atoms with Gasteiger partial charge in [0.2, 0.25) is 5.91 Å². The van der Waals surface area contributed by atoms with Crippen molar-refractivity contribution in [2.45, 2.75) is 70.3 Å². The van der Waals surface area contributed by atoms with E-state index in [2.05, 4.69) is 22.4 Å². The maximum Gasteiger partial charge on any atom is 0.220 e. The summed E-state index contributed by atoms with van der Waals surface area (Å²) in [4.78, 5) is 16.8. The number of nitrogens with zero attached hydrogens (tertiary/aromatic N) is 1. The van der Waals surface area contributed by atoms with Crippen LogP contribution in [0.2, 0.25) is 0 Å². The molecule has 2 aromatic rings. The fraction of sp³-hybridized carbons (Fsp3) is 0.579. The van der Waals surface area contributed by atoms with Gasteiger partial charge in [0.15, 0.2) is 0 Å². The van der Waals surface area contributed by atoms with E-state index in [9.17, 15) is 4.79 Å². The van der Waals surface area contributed by atoms with Crippen molar-refractivity contribution in [1.29, 1.82) is 0 Å². The molecule has 0 bridgehead atoms. The fourth-order valence-corrected chi connectivity index (χ4v) is 4.34. The highest BCUT2D eigenvalue weighted by Gasteiger charge is 2.14. The lowest BCUT2D eigenvalue weighted by Crippen LogP contribution is -2.35. The summed E-state index contributed by atoms with van der Waals surface area (Å²) in [5, 5.41) is 4.39. The molecule has 1 aromatic heterocycles. The fourth-order valence-electron chi connectivity index (χ4n) is 3.33. The van der Waals surface area contributed by atoms with Gasteiger partial charge in [-0.3, -0.25) is 4.79 Å². The monoisotopic (exact) mass is 330 g/mol. The van der Waals surface area contributed by atoms with Gasteiger partial charge in [-0.2, -0.15) is 0 Å². The molecule has 0 saturated heterocycles. The third-order valence-corrected chi connectivity index (χ3v) is 5.70. The number of fused-ring (bicyclic) bond motifs is 1. The molecule has 1 fully saturated rings. The van der Waals surface area contributed by atoms with Crippen molar-refractivity contribution in [1.82, 2.24) is 10.3 Å². The van der Waals surface area contributed by atoms with E-state index in [0.717, 1.165) is 36.2 Å². The standard InChI is InChI=1S/C19H26N2OS/c22-18(20-15-9-4-2-1-3-5-10-15)13-8-14-19-21-16-11-6-7-12-17(16)23-19/h6-7,11-12,15H,1-5,8-10,13-14H2,(H,20,22). The number of carbonyl (C=O) groups excluding carboxylic acids is 1. The van der Waals surface area contributed by atoms with E-state index >= 15 is 0 Å². The lowest BCUT2D eigenvalue weighted by atomic mass is 9.96. The SMILES string of the molecule is O=C(CCCc1nc2ccccc2s1)NC1CCCCCCC1. The maximum atomic E-state index is 12.1. The first-order valence-corrected chi connectivity index (χ1v) is 9.77. The van der Waals surface area contributed by atoms with Gasteiger partial charge in [-0.1, -0.05) is 44.2 Å². The third kappa shape index (κ3) is 5.03. The normalized spacial score (nSPS) is 16.9. The van der Waals surface area contributed by atoms with E-state index in [0.29, 0.717) is 12.5 Å². The molecule has 124 valence electrons. The van der Waals surface area contributed by atoms with Crippen molar-refractivity contribution in [2.75, 3.05) is 0 Å². The zero-order valence-electron chi connectivity index (χ0n) is 13.7. The molecule has 3 rings (SSSR count). The first kappa shape index (κ1) is 16.4. The van der Waals surface area contributed by atoms with Crippen molar-refractivity contribution >= 4 is 27.5 Å². The van der Waals surface area contributed by atoms with Crippen molar-refractivity contribution in [3.05, 3.63) is 29.3 Å². The number of hydrogen-bond acceptors (Lipinski definition) is 3. The van der Waals surface area contributed by atoms with Crippen LogP contribution in [0, 0.1) is 0 Å². The molecule has 0 aliphatic heterocycles. The average Bonchev–Trinajstić information content (AvgIpc) is 2.92. The minimum Gasteiger partial charge on any atom is -0.353 e. The Morgan fingerprint density at radius 3 is 2.65 bits per heavy atom. The zero-order valence-corrected chi connectivity index (χ0v) is 14.5. The van der Waals surface area contributed by atoms with Crippen molar-refractivity contribution < 1.29 is 4.79 Å². The summed E-state index contributed by atoms with van der Waals surface area (Å²) in [6, 6.07) is 8.64. The van der Waals surface area contributed by atoms with Crippen molar-refractivity contribution in [3.8, 4) is 0 Å². The van der Waals surface area contributed by atoms with E-state index in [1.165, 1.54) is 36.8 Å². The van der Waals surface area contributed by atoms with E-state index in [1.807, 2.05) is 12.1 Å². The van der Waals surface area contributed by atoms with Gasteiger partial charge in [0.05, 0.1) is 15.2 Å². The highest BCUT2D eigenvalue weighted by atomic mass is 32.1. The van der Waals surface area contributed by atoms with Gasteiger partial charge in [0, 0.05) is 12.5 Å². The summed E-state index contributed by atoms with van der Waals surface area (Å²) in [6.45, 7) is 0. The molecule has 1 N–H and O–H groups in total. The van der Waals surface area contributed by atoms with Crippen LogP contribution in [0.1, 0.15) is 62.8 Å². The quantitative estimate of drug-likeness (QED) is 0.851. The van der Waals surface area contributed by atoms with Gasteiger partial charge in [0.25, 0.3) is 0 Å². The van der Waals surface area contributed by atoms with Gasteiger partial charge in [0.1, 0.15) is 0 Å². The van der Waals surface area contributed by atoms with E-state index in [1.54, 1.807) is 11.3 Å². The molecule has 1 aliphatic rings. The first-order valence-electron chi connectivity index (χ1n) is 8.95. The molecule has 1 saturated carbocycles. The number of hydrogen-bond donors (Lipinski definition) is 1. The predicted molar refractivity (Wildman–Crippen MR) is 96.8 cm³/mol. The number of amides is 1. The zero-order chi connectivity index (χ0) is 15.9. The Morgan fingerprint density at radius 2 is 1.87 bits per heavy atom. The van der Waals surface area contributed by atoms with Crippen LogP contribution in [0.15, 0.2) is 24.3 Å². The van der Waals surface area contributed by atoms with Gasteiger partial charge >= 0.3 is 0 Å². The first-order chi connectivity index (χ1) is 11.3. The van der Waals surface area contributed by atoms with Crippen LogP contribution < -0.4 is 5.32 Å². The van der Waals surface area contributed by atoms with Crippen LogP contribution in [0.3, 0.4) is 0 Å². The van der Waals surface area contributed by atoms with Gasteiger partial charge < -0.3 is 5.32 Å². The average molecular weight is 330 g/mol. The van der Waals surface area contributed by atoms with Crippen molar-refractivity contribution in [2.24, 2.45) is 0 Å². The molecule has 1 amide bonds. The minimum atomic E-state index is 0.219. The summed E-state index contributed by atoms with van der Waals surface area (Å²) in [5.41, 5.74) is 1.08. The van der Waals surface area contributed by atoms with E-state index in [-0.39, 0.29) is 5.91 Å². The number of aromatic nitrogens is 1. The summed E-state index contributed by atoms with van der Waals surface area (Å²) in [6.07, 6.45) is 11.2. The molecular weight excluding hydrogens is 304 g/mol. The Balaban J connectivity index is 1.41. The largest absolute Gasteiger partial charge is 0.353 e. The minimum absolute atomic E-state index is 0.219. The maximum absolute atomic E-state index is 12.1. The predicted octanol–water partition coefficient (Wildman–Crippen LogP) is 4.85. The summed E-state index contributed by atoms with van der Waals surface area (Å²) < 4.78 is 1.24. The lowest BCUT2D eigenvalue weighted by molar-refractivity contribution is -0.122. The Morgan fingerprint density at radius 1 is 1.13 bits per heavy atom. The van der Waals surface area contributed by atoms with Gasteiger partial charge in [-0.25, -0.2) is 4.98 Å². The number of benzene rings is 1. The second-order valence-corrected chi connectivity index (χ2v) is 7.65. The van der Waals surface area contributed by atoms with Crippen LogP contribution in [0.5, 0.6) is 0 Å². The molecule has 23 heavy (non-hydrogen) atoms. The molecule has 1 heterocycles. The molecule has 0 radical (unpaired) electrons. The Hall–Kier alpha value is -1.42. The topological polar surface area (TPSA) is 42.0 Å². The number of thiazole rings is 1. The highest BCUT2D eigenvalue weighted by molar-refractivity contribution is 7.18. The smallest absolute Gasteiger partial charge is 0.220 e. The van der Waals surface area contributed by atoms with Crippen LogP contribution in [-0.2, 0) is 11.2 Å². The number of aryl methyl sites for hydroxylation is 1. The van der Waals surface area contributed by atoms with Crippen LogP contribution >= 0.6 is 11.3 Å². The molecule has 3 nitrogen and oxygen atoms in total. The summed E-state index contributed by atoms with van der Waals surface area (Å²) in [5.74, 6) is 0.219. The molecule has 0 atom stereocenters. The Kier molecular flexibility index (Phi) is 6.03. The molecular formula is C19H26N2OS. The summed E-state index contributed by atoms with van der Waals surface area (Å²) >= 11 is 1.75.